The zero-order valence-electron chi connectivity index (χ0n) is 9.69. The zero-order chi connectivity index (χ0) is 11.7. The van der Waals surface area contributed by atoms with Crippen LogP contribution in [0.15, 0.2) is 24.3 Å². The predicted octanol–water partition coefficient (Wildman–Crippen LogP) is 2.32. The highest BCUT2D eigenvalue weighted by molar-refractivity contribution is 7.19. The van der Waals surface area contributed by atoms with Crippen molar-refractivity contribution in [3.05, 3.63) is 29.1 Å². The van der Waals surface area contributed by atoms with Crippen LogP contribution < -0.4 is 5.73 Å². The second-order valence-corrected chi connectivity index (χ2v) is 5.53. The molecular weight excluding hydrogens is 232 g/mol. The summed E-state index contributed by atoms with van der Waals surface area (Å²) in [7, 11) is 0. The first-order valence-corrected chi connectivity index (χ1v) is 6.71. The molecule has 2 heterocycles. The Morgan fingerprint density at radius 1 is 1.29 bits per heavy atom. The molecule has 90 valence electrons. The lowest BCUT2D eigenvalue weighted by atomic mass is 10.2. The van der Waals surface area contributed by atoms with Crippen molar-refractivity contribution in [1.82, 2.24) is 4.90 Å². The molecule has 0 spiro atoms. The van der Waals surface area contributed by atoms with E-state index in [0.717, 1.165) is 38.5 Å². The van der Waals surface area contributed by atoms with Gasteiger partial charge in [0.1, 0.15) is 0 Å². The van der Waals surface area contributed by atoms with Crippen molar-refractivity contribution in [2.24, 2.45) is 0 Å². The van der Waals surface area contributed by atoms with Crippen LogP contribution in [-0.2, 0) is 11.3 Å². The molecule has 0 aliphatic carbocycles. The molecule has 0 unspecified atom stereocenters. The minimum absolute atomic E-state index is 0.854. The van der Waals surface area contributed by atoms with Gasteiger partial charge in [0.15, 0.2) is 0 Å². The first kappa shape index (κ1) is 11.0. The normalized spacial score (nSPS) is 17.6. The molecule has 0 amide bonds. The monoisotopic (exact) mass is 248 g/mol. The number of fused-ring (bicyclic) bond motifs is 1. The summed E-state index contributed by atoms with van der Waals surface area (Å²) in [5.41, 5.74) is 6.86. The number of thiophene rings is 1. The van der Waals surface area contributed by atoms with Gasteiger partial charge in [-0.15, -0.1) is 11.3 Å². The van der Waals surface area contributed by atoms with Gasteiger partial charge in [0.05, 0.1) is 13.2 Å². The number of nitrogen functional groups attached to an aromatic ring is 1. The molecule has 2 aromatic rings. The summed E-state index contributed by atoms with van der Waals surface area (Å²) in [4.78, 5) is 3.82. The Bertz CT molecular complexity index is 517. The van der Waals surface area contributed by atoms with E-state index in [2.05, 4.69) is 17.0 Å². The van der Waals surface area contributed by atoms with Gasteiger partial charge in [0, 0.05) is 40.3 Å². The van der Waals surface area contributed by atoms with E-state index in [4.69, 9.17) is 10.5 Å². The van der Waals surface area contributed by atoms with Crippen LogP contribution in [0.3, 0.4) is 0 Å². The smallest absolute Gasteiger partial charge is 0.0594 e. The highest BCUT2D eigenvalue weighted by Gasteiger charge is 2.12. The minimum Gasteiger partial charge on any atom is -0.398 e. The summed E-state index contributed by atoms with van der Waals surface area (Å²) >= 11 is 1.84. The van der Waals surface area contributed by atoms with Gasteiger partial charge in [0.25, 0.3) is 0 Å². The Hall–Kier alpha value is -1.10. The topological polar surface area (TPSA) is 38.5 Å². The fourth-order valence-corrected chi connectivity index (χ4v) is 3.33. The van der Waals surface area contributed by atoms with E-state index in [9.17, 15) is 0 Å². The standard InChI is InChI=1S/C13H16N2OS/c14-12-2-1-3-13-11(12)8-10(17-13)9-15-4-6-16-7-5-15/h1-3,8H,4-7,9,14H2. The van der Waals surface area contributed by atoms with Crippen molar-refractivity contribution in [3.63, 3.8) is 0 Å². The van der Waals surface area contributed by atoms with Gasteiger partial charge in [-0.3, -0.25) is 4.90 Å². The molecule has 1 saturated heterocycles. The van der Waals surface area contributed by atoms with Crippen LogP contribution in [0, 0.1) is 0 Å². The number of nitrogens with two attached hydrogens (primary N) is 1. The third kappa shape index (κ3) is 2.29. The molecule has 1 aromatic heterocycles. The minimum atomic E-state index is 0.854. The molecule has 17 heavy (non-hydrogen) atoms. The summed E-state index contributed by atoms with van der Waals surface area (Å²) in [5.74, 6) is 0. The second kappa shape index (κ2) is 4.64. The van der Waals surface area contributed by atoms with Crippen molar-refractivity contribution in [2.75, 3.05) is 32.0 Å². The van der Waals surface area contributed by atoms with E-state index in [-0.39, 0.29) is 0 Å². The molecule has 1 fully saturated rings. The maximum atomic E-state index is 5.98. The van der Waals surface area contributed by atoms with Gasteiger partial charge in [0.2, 0.25) is 0 Å². The third-order valence-electron chi connectivity index (χ3n) is 3.13. The number of hydrogen-bond acceptors (Lipinski definition) is 4. The average Bonchev–Trinajstić information content (AvgIpc) is 2.74. The average molecular weight is 248 g/mol. The second-order valence-electron chi connectivity index (χ2n) is 4.36. The van der Waals surface area contributed by atoms with Crippen LogP contribution in [0.1, 0.15) is 4.88 Å². The Labute approximate surface area is 105 Å². The van der Waals surface area contributed by atoms with E-state index in [1.54, 1.807) is 0 Å². The molecule has 0 atom stereocenters. The van der Waals surface area contributed by atoms with Gasteiger partial charge in [-0.25, -0.2) is 0 Å². The molecule has 2 N–H and O–H groups in total. The quantitative estimate of drug-likeness (QED) is 0.829. The lowest BCUT2D eigenvalue weighted by molar-refractivity contribution is 0.0346. The Balaban J connectivity index is 1.83. The van der Waals surface area contributed by atoms with E-state index in [1.165, 1.54) is 15.0 Å². The number of ether oxygens (including phenoxy) is 1. The van der Waals surface area contributed by atoms with Crippen LogP contribution in [-0.4, -0.2) is 31.2 Å². The van der Waals surface area contributed by atoms with E-state index >= 15 is 0 Å². The molecule has 1 aromatic carbocycles. The fourth-order valence-electron chi connectivity index (χ4n) is 2.19. The van der Waals surface area contributed by atoms with Gasteiger partial charge >= 0.3 is 0 Å². The predicted molar refractivity (Wildman–Crippen MR) is 72.3 cm³/mol. The molecule has 4 heteroatoms. The lowest BCUT2D eigenvalue weighted by Crippen LogP contribution is -2.35. The molecule has 3 nitrogen and oxygen atoms in total. The Kier molecular flexibility index (Phi) is 3.01. The van der Waals surface area contributed by atoms with Crippen molar-refractivity contribution in [1.29, 1.82) is 0 Å². The molecule has 3 rings (SSSR count). The summed E-state index contributed by atoms with van der Waals surface area (Å²) in [6.07, 6.45) is 0. The van der Waals surface area contributed by atoms with Crippen LogP contribution in [0.4, 0.5) is 5.69 Å². The number of morpholine rings is 1. The number of rotatable bonds is 2. The molecule has 1 aliphatic rings. The van der Waals surface area contributed by atoms with Crippen molar-refractivity contribution < 1.29 is 4.74 Å². The summed E-state index contributed by atoms with van der Waals surface area (Å²) in [6, 6.07) is 8.35. The highest BCUT2D eigenvalue weighted by atomic mass is 32.1. The third-order valence-corrected chi connectivity index (χ3v) is 4.21. The largest absolute Gasteiger partial charge is 0.398 e. The van der Waals surface area contributed by atoms with Crippen molar-refractivity contribution in [3.8, 4) is 0 Å². The number of benzene rings is 1. The highest BCUT2D eigenvalue weighted by Crippen LogP contribution is 2.30. The maximum absolute atomic E-state index is 5.98. The fraction of sp³-hybridized carbons (Fsp3) is 0.385. The summed E-state index contributed by atoms with van der Waals surface area (Å²) in [6.45, 7) is 4.79. The zero-order valence-corrected chi connectivity index (χ0v) is 10.5. The molecule has 0 radical (unpaired) electrons. The summed E-state index contributed by atoms with van der Waals surface area (Å²) < 4.78 is 6.64. The van der Waals surface area contributed by atoms with Crippen LogP contribution >= 0.6 is 11.3 Å². The first-order chi connectivity index (χ1) is 8.33. The lowest BCUT2D eigenvalue weighted by Gasteiger charge is -2.25. The number of anilines is 1. The van der Waals surface area contributed by atoms with Crippen molar-refractivity contribution in [2.45, 2.75) is 6.54 Å². The van der Waals surface area contributed by atoms with Crippen LogP contribution in [0.25, 0.3) is 10.1 Å². The maximum Gasteiger partial charge on any atom is 0.0594 e. The molecule has 0 bridgehead atoms. The van der Waals surface area contributed by atoms with E-state index in [0.29, 0.717) is 0 Å². The molecular formula is C13H16N2OS. The van der Waals surface area contributed by atoms with Crippen molar-refractivity contribution >= 4 is 27.1 Å². The number of nitrogens with zero attached hydrogens (tertiary/aromatic N) is 1. The number of hydrogen-bond donors (Lipinski definition) is 1. The summed E-state index contributed by atoms with van der Waals surface area (Å²) in [5, 5.41) is 1.20. The molecule has 1 aliphatic heterocycles. The van der Waals surface area contributed by atoms with Crippen LogP contribution in [0.2, 0.25) is 0 Å². The van der Waals surface area contributed by atoms with Gasteiger partial charge in [-0.2, -0.15) is 0 Å². The SMILES string of the molecule is Nc1cccc2sc(CN3CCOCC3)cc12. The van der Waals surface area contributed by atoms with Gasteiger partial charge in [-0.05, 0) is 18.2 Å². The van der Waals surface area contributed by atoms with Gasteiger partial charge in [-0.1, -0.05) is 6.07 Å². The first-order valence-electron chi connectivity index (χ1n) is 5.90. The molecule has 0 saturated carbocycles. The Morgan fingerprint density at radius 3 is 2.88 bits per heavy atom. The van der Waals surface area contributed by atoms with Gasteiger partial charge < -0.3 is 10.5 Å². The Morgan fingerprint density at radius 2 is 2.12 bits per heavy atom. The van der Waals surface area contributed by atoms with Crippen LogP contribution in [0.5, 0.6) is 0 Å². The van der Waals surface area contributed by atoms with E-state index < -0.39 is 0 Å². The van der Waals surface area contributed by atoms with E-state index in [1.807, 2.05) is 23.5 Å².